The Morgan fingerprint density at radius 1 is 0.865 bits per heavy atom. The van der Waals surface area contributed by atoms with Gasteiger partial charge in [-0.3, -0.25) is 14.8 Å². The summed E-state index contributed by atoms with van der Waals surface area (Å²) in [6, 6.07) is 18.7. The maximum Gasteiger partial charge on any atom is 0.172 e. The number of aromatic nitrogens is 1. The molecule has 0 bridgehead atoms. The highest BCUT2D eigenvalue weighted by Gasteiger charge is 2.26. The summed E-state index contributed by atoms with van der Waals surface area (Å²) in [7, 11) is 0. The van der Waals surface area contributed by atoms with Crippen LogP contribution in [0.5, 0.6) is 17.2 Å². The summed E-state index contributed by atoms with van der Waals surface area (Å²) in [5.74, 6) is 0.835. The van der Waals surface area contributed by atoms with Crippen LogP contribution in [0.3, 0.4) is 0 Å². The second-order valence-corrected chi connectivity index (χ2v) is 13.9. The van der Waals surface area contributed by atoms with E-state index in [9.17, 15) is 15.5 Å². The molecule has 11 heteroatoms. The molecule has 2 aliphatic heterocycles. The third-order valence-corrected chi connectivity index (χ3v) is 10.5. The lowest BCUT2D eigenvalue weighted by atomic mass is 9.96. The van der Waals surface area contributed by atoms with Gasteiger partial charge in [-0.15, -0.1) is 0 Å². The molecule has 6 rings (SSSR count). The fourth-order valence-electron chi connectivity index (χ4n) is 7.23. The van der Waals surface area contributed by atoms with Crippen molar-refractivity contribution >= 4 is 11.6 Å². The first-order chi connectivity index (χ1) is 25.4. The lowest BCUT2D eigenvalue weighted by Gasteiger charge is -2.24. The molecule has 0 aliphatic carbocycles. The van der Waals surface area contributed by atoms with Crippen molar-refractivity contribution < 1.29 is 28.8 Å². The molecule has 4 aromatic rings. The molecule has 0 spiro atoms. The molecule has 9 nitrogen and oxygen atoms in total. The maximum atomic E-state index is 15.9. The van der Waals surface area contributed by atoms with Crippen LogP contribution in [0, 0.1) is 24.1 Å². The monoisotopic (exact) mass is 728 g/mol. The second kappa shape index (κ2) is 18.0. The Labute approximate surface area is 310 Å². The summed E-state index contributed by atoms with van der Waals surface area (Å²) < 4.78 is 34.4. The van der Waals surface area contributed by atoms with Gasteiger partial charge in [0.05, 0.1) is 30.4 Å². The van der Waals surface area contributed by atoms with Gasteiger partial charge in [0.1, 0.15) is 30.8 Å². The first-order valence-corrected chi connectivity index (χ1v) is 18.4. The first kappa shape index (κ1) is 37.5. The molecule has 0 saturated carbocycles. The van der Waals surface area contributed by atoms with Gasteiger partial charge in [0.15, 0.2) is 11.6 Å². The molecular formula is C41H46ClFN4O5. The number of ether oxygens (including phenoxy) is 3. The van der Waals surface area contributed by atoms with Crippen LogP contribution >= 0.6 is 11.6 Å². The standard InChI is InChI=1S/C41H46ClFN4O5/c1-28-31(7-2-10-35(28)36-11-3-12-38(41(36)43)50-16-6-15-46-13-4-8-33(46)24-48)27-52-40-19-39(51-26-30-17-29(20-44)21-45-22-30)32(18-37(40)42)23-47-14-5-9-34(47)25-49/h2-3,7,10-12,17-19,21-22,33-34,48-49H,4-6,8-9,13-16,23-27H2,1H3/t33-,34-/m1/s1. The van der Waals surface area contributed by atoms with Crippen LogP contribution in [0.4, 0.5) is 4.39 Å². The van der Waals surface area contributed by atoms with E-state index in [1.807, 2.05) is 31.2 Å². The molecule has 2 fully saturated rings. The van der Waals surface area contributed by atoms with Gasteiger partial charge in [-0.05, 0) is 87.0 Å². The number of benzene rings is 3. The molecule has 274 valence electrons. The smallest absolute Gasteiger partial charge is 0.172 e. The molecule has 3 aromatic carbocycles. The van der Waals surface area contributed by atoms with Crippen molar-refractivity contribution in [1.29, 1.82) is 5.26 Å². The van der Waals surface area contributed by atoms with Crippen molar-refractivity contribution in [3.05, 3.63) is 106 Å². The zero-order valence-corrected chi connectivity index (χ0v) is 30.3. The average molecular weight is 729 g/mol. The quantitative estimate of drug-likeness (QED) is 0.117. The van der Waals surface area contributed by atoms with E-state index in [1.165, 1.54) is 6.20 Å². The molecule has 1 aromatic heterocycles. The number of nitrogens with zero attached hydrogens (tertiary/aromatic N) is 4. The number of halogens is 2. The molecular weight excluding hydrogens is 683 g/mol. The Balaban J connectivity index is 1.16. The largest absolute Gasteiger partial charge is 0.490 e. The Morgan fingerprint density at radius 2 is 1.60 bits per heavy atom. The molecule has 3 heterocycles. The zero-order chi connectivity index (χ0) is 36.5. The van der Waals surface area contributed by atoms with Gasteiger partial charge < -0.3 is 24.4 Å². The summed E-state index contributed by atoms with van der Waals surface area (Å²) in [6.45, 7) is 6.17. The summed E-state index contributed by atoms with van der Waals surface area (Å²) in [5.41, 5.74) is 5.01. The summed E-state index contributed by atoms with van der Waals surface area (Å²) >= 11 is 6.82. The van der Waals surface area contributed by atoms with E-state index in [0.717, 1.165) is 79.6 Å². The summed E-state index contributed by atoms with van der Waals surface area (Å²) in [4.78, 5) is 8.65. The van der Waals surface area contributed by atoms with Crippen molar-refractivity contribution in [2.75, 3.05) is 39.5 Å². The number of hydrogen-bond donors (Lipinski definition) is 2. The molecule has 52 heavy (non-hydrogen) atoms. The molecule has 2 aliphatic rings. The van der Waals surface area contributed by atoms with Crippen LogP contribution in [0.1, 0.15) is 59.9 Å². The predicted molar refractivity (Wildman–Crippen MR) is 198 cm³/mol. The van der Waals surface area contributed by atoms with Crippen molar-refractivity contribution in [3.63, 3.8) is 0 Å². The number of nitriles is 1. The Hall–Kier alpha value is -4.24. The fourth-order valence-corrected chi connectivity index (χ4v) is 7.47. The third-order valence-electron chi connectivity index (χ3n) is 10.2. The number of hydrogen-bond acceptors (Lipinski definition) is 9. The van der Waals surface area contributed by atoms with Crippen LogP contribution in [-0.2, 0) is 19.8 Å². The van der Waals surface area contributed by atoms with Crippen LogP contribution in [0.2, 0.25) is 5.02 Å². The number of aliphatic hydroxyl groups is 2. The summed E-state index contributed by atoms with van der Waals surface area (Å²) in [5, 5.41) is 29.2. The van der Waals surface area contributed by atoms with Crippen LogP contribution in [-0.4, -0.2) is 76.5 Å². The summed E-state index contributed by atoms with van der Waals surface area (Å²) in [6.07, 6.45) is 7.95. The number of likely N-dealkylation sites (tertiary alicyclic amines) is 2. The Bertz CT molecular complexity index is 1870. The lowest BCUT2D eigenvalue weighted by Crippen LogP contribution is -2.33. The van der Waals surface area contributed by atoms with E-state index < -0.39 is 5.82 Å². The normalized spacial score (nSPS) is 17.7. The van der Waals surface area contributed by atoms with Crippen molar-refractivity contribution in [2.45, 2.75) is 70.9 Å². The minimum Gasteiger partial charge on any atom is -0.490 e. The van der Waals surface area contributed by atoms with Gasteiger partial charge in [0.2, 0.25) is 0 Å². The molecule has 2 saturated heterocycles. The minimum atomic E-state index is -0.407. The Morgan fingerprint density at radius 3 is 2.38 bits per heavy atom. The minimum absolute atomic E-state index is 0.0756. The topological polar surface area (TPSA) is 111 Å². The zero-order valence-electron chi connectivity index (χ0n) is 29.6. The highest BCUT2D eigenvalue weighted by Crippen LogP contribution is 2.37. The maximum absolute atomic E-state index is 15.9. The predicted octanol–water partition coefficient (Wildman–Crippen LogP) is 7.06. The number of rotatable bonds is 16. The van der Waals surface area contributed by atoms with Gasteiger partial charge in [0, 0.05) is 60.3 Å². The second-order valence-electron chi connectivity index (χ2n) is 13.5. The first-order valence-electron chi connectivity index (χ1n) is 18.0. The Kier molecular flexibility index (Phi) is 13.0. The number of pyridine rings is 1. The van der Waals surface area contributed by atoms with Gasteiger partial charge in [-0.2, -0.15) is 5.26 Å². The van der Waals surface area contributed by atoms with Crippen LogP contribution in [0.15, 0.2) is 67.0 Å². The van der Waals surface area contributed by atoms with E-state index in [-0.39, 0.29) is 44.3 Å². The van der Waals surface area contributed by atoms with Crippen molar-refractivity contribution in [1.82, 2.24) is 14.8 Å². The average Bonchev–Trinajstić information content (AvgIpc) is 3.83. The van der Waals surface area contributed by atoms with Crippen LogP contribution < -0.4 is 14.2 Å². The van der Waals surface area contributed by atoms with Gasteiger partial charge in [0.25, 0.3) is 0 Å². The third kappa shape index (κ3) is 9.03. The van der Waals surface area contributed by atoms with Gasteiger partial charge in [-0.1, -0.05) is 41.9 Å². The van der Waals surface area contributed by atoms with E-state index >= 15 is 4.39 Å². The molecule has 2 N–H and O–H groups in total. The van der Waals surface area contributed by atoms with E-state index in [1.54, 1.807) is 36.5 Å². The van der Waals surface area contributed by atoms with E-state index in [4.69, 9.17) is 25.8 Å². The highest BCUT2D eigenvalue weighted by atomic mass is 35.5. The number of aliphatic hydroxyl groups excluding tert-OH is 2. The highest BCUT2D eigenvalue weighted by molar-refractivity contribution is 6.32. The van der Waals surface area contributed by atoms with Gasteiger partial charge >= 0.3 is 0 Å². The fraction of sp³-hybridized carbons (Fsp3) is 0.415. The molecule has 0 unspecified atom stereocenters. The van der Waals surface area contributed by atoms with Crippen LogP contribution in [0.25, 0.3) is 11.1 Å². The SMILES string of the molecule is Cc1c(COc2cc(OCc3cncc(C#N)c3)c(CN3CCC[C@@H]3CO)cc2Cl)cccc1-c1cccc(OCCCN2CCC[C@@H]2CO)c1F. The van der Waals surface area contributed by atoms with Gasteiger partial charge in [-0.25, -0.2) is 4.39 Å². The lowest BCUT2D eigenvalue weighted by molar-refractivity contribution is 0.150. The molecule has 0 amide bonds. The molecule has 2 atom stereocenters. The van der Waals surface area contributed by atoms with E-state index in [0.29, 0.717) is 40.8 Å². The van der Waals surface area contributed by atoms with Crippen molar-refractivity contribution in [2.24, 2.45) is 0 Å². The molecule has 0 radical (unpaired) electrons. The van der Waals surface area contributed by atoms with Crippen molar-refractivity contribution in [3.8, 4) is 34.4 Å². The van der Waals surface area contributed by atoms with E-state index in [2.05, 4.69) is 20.9 Å².